The number of Topliss-reactive ketones (excluding diaryl/α,β-unsaturated/α-hetero) is 1. The van der Waals surface area contributed by atoms with Crippen LogP contribution >= 0.6 is 0 Å². The summed E-state index contributed by atoms with van der Waals surface area (Å²) in [7, 11) is 0. The Bertz CT molecular complexity index is 421. The molecule has 3 atom stereocenters. The second-order valence-electron chi connectivity index (χ2n) is 8.75. The smallest absolute Gasteiger partial charge is 0.143 e. The first-order chi connectivity index (χ1) is 9.86. The van der Waals surface area contributed by atoms with Gasteiger partial charge in [-0.2, -0.15) is 0 Å². The minimum atomic E-state index is -0.0596. The van der Waals surface area contributed by atoms with Gasteiger partial charge in [-0.3, -0.25) is 4.79 Å². The third-order valence-electron chi connectivity index (χ3n) is 7.86. The van der Waals surface area contributed by atoms with Gasteiger partial charge in [-0.1, -0.05) is 47.0 Å². The monoisotopic (exact) mass is 291 g/mol. The number of carbonyl (C=O) groups excluding carboxylic acids is 1. The molecule has 0 spiro atoms. The van der Waals surface area contributed by atoms with Crippen LogP contribution in [0, 0.1) is 22.7 Å². The van der Waals surface area contributed by atoms with Crippen molar-refractivity contribution in [3.05, 3.63) is 0 Å². The summed E-state index contributed by atoms with van der Waals surface area (Å²) in [4.78, 5) is 12.9. The Morgan fingerprint density at radius 3 is 2.29 bits per heavy atom. The molecule has 3 rings (SSSR count). The number of ketones is 1. The molecule has 3 fully saturated rings. The fourth-order valence-corrected chi connectivity index (χ4v) is 5.72. The van der Waals surface area contributed by atoms with Crippen LogP contribution in [0.3, 0.4) is 0 Å². The van der Waals surface area contributed by atoms with Crippen molar-refractivity contribution < 1.29 is 4.79 Å². The Kier molecular flexibility index (Phi) is 3.75. The van der Waals surface area contributed by atoms with Crippen LogP contribution in [0.4, 0.5) is 0 Å². The average molecular weight is 291 g/mol. The zero-order valence-electron chi connectivity index (χ0n) is 14.4. The van der Waals surface area contributed by atoms with E-state index in [1.54, 1.807) is 0 Å². The summed E-state index contributed by atoms with van der Waals surface area (Å²) in [6.07, 6.45) is 10.3. The molecule has 2 nitrogen and oxygen atoms in total. The summed E-state index contributed by atoms with van der Waals surface area (Å²) < 4.78 is 0. The first-order valence-corrected chi connectivity index (χ1v) is 9.16. The number of rotatable bonds is 4. The predicted molar refractivity (Wildman–Crippen MR) is 87.2 cm³/mol. The van der Waals surface area contributed by atoms with Crippen LogP contribution < -0.4 is 5.32 Å². The van der Waals surface area contributed by atoms with E-state index in [1.807, 2.05) is 0 Å². The van der Waals surface area contributed by atoms with Crippen LogP contribution in [-0.4, -0.2) is 17.9 Å². The number of hydrogen-bond donors (Lipinski definition) is 1. The summed E-state index contributed by atoms with van der Waals surface area (Å²) in [5, 5.41) is 3.88. The Balaban J connectivity index is 1.70. The van der Waals surface area contributed by atoms with Crippen LogP contribution in [0.1, 0.15) is 79.1 Å². The van der Waals surface area contributed by atoms with E-state index in [0.717, 1.165) is 13.0 Å². The average Bonchev–Trinajstić information content (AvgIpc) is 2.79. The van der Waals surface area contributed by atoms with Crippen LogP contribution in [0.2, 0.25) is 0 Å². The first-order valence-electron chi connectivity index (χ1n) is 9.16. The van der Waals surface area contributed by atoms with Gasteiger partial charge in [-0.15, -0.1) is 0 Å². The highest BCUT2D eigenvalue weighted by atomic mass is 16.1. The molecule has 0 aromatic carbocycles. The number of nitrogens with one attached hydrogen (secondary N) is 1. The van der Waals surface area contributed by atoms with Gasteiger partial charge in [0, 0.05) is 23.4 Å². The van der Waals surface area contributed by atoms with Crippen molar-refractivity contribution in [3.63, 3.8) is 0 Å². The molecule has 0 heterocycles. The summed E-state index contributed by atoms with van der Waals surface area (Å²) in [5.74, 6) is 1.42. The minimum Gasteiger partial charge on any atom is -0.311 e. The lowest BCUT2D eigenvalue weighted by molar-refractivity contribution is -0.131. The Morgan fingerprint density at radius 2 is 1.76 bits per heavy atom. The molecule has 1 N–H and O–H groups in total. The van der Waals surface area contributed by atoms with Crippen LogP contribution in [-0.2, 0) is 4.79 Å². The lowest BCUT2D eigenvalue weighted by atomic mass is 9.70. The zero-order chi connectivity index (χ0) is 15.3. The Hall–Kier alpha value is -0.370. The van der Waals surface area contributed by atoms with E-state index >= 15 is 0 Å². The van der Waals surface area contributed by atoms with E-state index in [0.29, 0.717) is 17.2 Å². The highest BCUT2D eigenvalue weighted by Gasteiger charge is 2.65. The Morgan fingerprint density at radius 1 is 1.10 bits per heavy atom. The maximum atomic E-state index is 12.9. The second-order valence-corrected chi connectivity index (χ2v) is 8.75. The molecule has 0 aromatic heterocycles. The van der Waals surface area contributed by atoms with Gasteiger partial charge < -0.3 is 5.32 Å². The van der Waals surface area contributed by atoms with E-state index in [-0.39, 0.29) is 16.7 Å². The quantitative estimate of drug-likeness (QED) is 0.835. The number of fused-ring (bicyclic) bond motifs is 2. The number of hydrogen-bond acceptors (Lipinski definition) is 2. The normalized spacial score (nSPS) is 40.7. The minimum absolute atomic E-state index is 0.0596. The molecule has 3 aliphatic carbocycles. The van der Waals surface area contributed by atoms with Gasteiger partial charge in [-0.25, -0.2) is 0 Å². The van der Waals surface area contributed by atoms with E-state index in [4.69, 9.17) is 0 Å². The lowest BCUT2D eigenvalue weighted by Crippen LogP contribution is -2.50. The van der Waals surface area contributed by atoms with E-state index in [1.165, 1.54) is 44.9 Å². The highest BCUT2D eigenvalue weighted by Crippen LogP contribution is 2.65. The van der Waals surface area contributed by atoms with Crippen LogP contribution in [0.5, 0.6) is 0 Å². The third kappa shape index (κ3) is 2.12. The summed E-state index contributed by atoms with van der Waals surface area (Å²) in [6, 6.07) is 0. The van der Waals surface area contributed by atoms with Crippen molar-refractivity contribution in [2.45, 2.75) is 84.6 Å². The molecule has 2 heteroatoms. The zero-order valence-corrected chi connectivity index (χ0v) is 14.4. The van der Waals surface area contributed by atoms with Crippen LogP contribution in [0.25, 0.3) is 0 Å². The van der Waals surface area contributed by atoms with E-state index < -0.39 is 0 Å². The molecule has 3 unspecified atom stereocenters. The van der Waals surface area contributed by atoms with Crippen molar-refractivity contribution in [3.8, 4) is 0 Å². The molecule has 0 amide bonds. The number of carbonyl (C=O) groups is 1. The molecule has 0 aromatic rings. The SMILES string of the molecule is CCC1(NCC2C(=O)C3(C)CCC2C3(C)C)CCCCC1. The molecule has 21 heavy (non-hydrogen) atoms. The highest BCUT2D eigenvalue weighted by molar-refractivity contribution is 5.91. The molecule has 0 saturated heterocycles. The maximum absolute atomic E-state index is 12.9. The van der Waals surface area contributed by atoms with Gasteiger partial charge in [0.05, 0.1) is 0 Å². The van der Waals surface area contributed by atoms with Crippen molar-refractivity contribution in [1.29, 1.82) is 0 Å². The topological polar surface area (TPSA) is 29.1 Å². The van der Waals surface area contributed by atoms with Crippen molar-refractivity contribution in [2.24, 2.45) is 22.7 Å². The van der Waals surface area contributed by atoms with E-state index in [9.17, 15) is 4.79 Å². The first kappa shape index (κ1) is 15.5. The van der Waals surface area contributed by atoms with E-state index in [2.05, 4.69) is 33.0 Å². The lowest BCUT2D eigenvalue weighted by Gasteiger charge is -2.39. The molecule has 3 saturated carbocycles. The maximum Gasteiger partial charge on any atom is 0.143 e. The third-order valence-corrected chi connectivity index (χ3v) is 7.86. The molecule has 3 aliphatic rings. The largest absolute Gasteiger partial charge is 0.311 e. The van der Waals surface area contributed by atoms with Crippen molar-refractivity contribution in [1.82, 2.24) is 5.32 Å². The molecular formula is C19H33NO. The summed E-state index contributed by atoms with van der Waals surface area (Å²) >= 11 is 0. The second kappa shape index (κ2) is 5.08. The summed E-state index contributed by atoms with van der Waals surface area (Å²) in [6.45, 7) is 10.1. The molecular weight excluding hydrogens is 258 g/mol. The fraction of sp³-hybridized carbons (Fsp3) is 0.947. The van der Waals surface area contributed by atoms with Crippen molar-refractivity contribution >= 4 is 5.78 Å². The van der Waals surface area contributed by atoms with Gasteiger partial charge in [0.15, 0.2) is 0 Å². The standard InChI is InChI=1S/C19H33NO/c1-5-19(10-7-6-8-11-19)20-13-14-15-9-12-18(4,16(14)21)17(15,2)3/h14-15,20H,5-13H2,1-4H3. The van der Waals surface area contributed by atoms with Crippen LogP contribution in [0.15, 0.2) is 0 Å². The predicted octanol–water partition coefficient (Wildman–Crippen LogP) is 4.33. The van der Waals surface area contributed by atoms with Crippen molar-refractivity contribution in [2.75, 3.05) is 6.54 Å². The molecule has 120 valence electrons. The van der Waals surface area contributed by atoms with Gasteiger partial charge in [0.1, 0.15) is 5.78 Å². The molecule has 2 bridgehead atoms. The molecule has 0 aliphatic heterocycles. The van der Waals surface area contributed by atoms with Gasteiger partial charge >= 0.3 is 0 Å². The van der Waals surface area contributed by atoms with Gasteiger partial charge in [-0.05, 0) is 43.4 Å². The fourth-order valence-electron chi connectivity index (χ4n) is 5.72. The van der Waals surface area contributed by atoms with Gasteiger partial charge in [0.25, 0.3) is 0 Å². The Labute approximate surface area is 130 Å². The van der Waals surface area contributed by atoms with Gasteiger partial charge in [0.2, 0.25) is 0 Å². The summed E-state index contributed by atoms with van der Waals surface area (Å²) in [5.41, 5.74) is 0.462. The molecule has 0 radical (unpaired) electrons.